The number of esters is 2. The maximum atomic E-state index is 12.8. The molecule has 1 atom stereocenters. The van der Waals surface area contributed by atoms with Crippen LogP contribution in [0.3, 0.4) is 0 Å². The molecule has 280 valence electrons. The molecule has 7 rings (SSSR count). The monoisotopic (exact) mass is 714 g/mol. The Morgan fingerprint density at radius 2 is 1.77 bits per heavy atom. The summed E-state index contributed by atoms with van der Waals surface area (Å²) in [4.78, 5) is 32.5. The van der Waals surface area contributed by atoms with E-state index in [2.05, 4.69) is 24.8 Å². The van der Waals surface area contributed by atoms with Gasteiger partial charge in [-0.05, 0) is 110 Å². The number of ether oxygens (including phenoxy) is 4. The van der Waals surface area contributed by atoms with E-state index in [0.29, 0.717) is 30.2 Å². The quantitative estimate of drug-likeness (QED) is 0.214. The van der Waals surface area contributed by atoms with Gasteiger partial charge in [0.25, 0.3) is 0 Å². The molecule has 1 unspecified atom stereocenters. The van der Waals surface area contributed by atoms with E-state index in [1.165, 1.54) is 7.11 Å². The lowest BCUT2D eigenvalue weighted by atomic mass is 9.92. The maximum absolute atomic E-state index is 12.8. The van der Waals surface area contributed by atoms with Crippen molar-refractivity contribution < 1.29 is 33.6 Å². The summed E-state index contributed by atoms with van der Waals surface area (Å²) in [6.45, 7) is 15.8. The Morgan fingerprint density at radius 1 is 1.06 bits per heavy atom. The van der Waals surface area contributed by atoms with E-state index in [-0.39, 0.29) is 24.1 Å². The summed E-state index contributed by atoms with van der Waals surface area (Å²) in [6.07, 6.45) is 4.59. The molecule has 11 heteroatoms. The van der Waals surface area contributed by atoms with Crippen molar-refractivity contribution in [3.05, 3.63) is 65.4 Å². The van der Waals surface area contributed by atoms with E-state index in [9.17, 15) is 9.59 Å². The fourth-order valence-electron chi connectivity index (χ4n) is 6.58. The lowest BCUT2D eigenvalue weighted by Crippen LogP contribution is -2.45. The highest BCUT2D eigenvalue weighted by molar-refractivity contribution is 5.92. The van der Waals surface area contributed by atoms with Crippen LogP contribution in [-0.4, -0.2) is 82.4 Å². The maximum Gasteiger partial charge on any atom is 0.337 e. The molecular weight excluding hydrogens is 660 g/mol. The normalized spacial score (nSPS) is 19.2. The number of aliphatic hydroxyl groups is 1. The average molecular weight is 715 g/mol. The van der Waals surface area contributed by atoms with E-state index >= 15 is 0 Å². The molecule has 52 heavy (non-hydrogen) atoms. The van der Waals surface area contributed by atoms with Crippen molar-refractivity contribution in [3.8, 4) is 28.1 Å². The van der Waals surface area contributed by atoms with E-state index in [1.54, 1.807) is 26.8 Å². The number of nitrogens with zero attached hydrogens (tertiary/aromatic N) is 4. The van der Waals surface area contributed by atoms with Gasteiger partial charge in [0.05, 0.1) is 48.7 Å². The number of carbonyl (C=O) groups is 2. The largest absolute Gasteiger partial charge is 0.490 e. The molecule has 0 radical (unpaired) electrons. The van der Waals surface area contributed by atoms with Crippen LogP contribution in [-0.2, 0) is 25.4 Å². The van der Waals surface area contributed by atoms with Crippen LogP contribution in [0.5, 0.6) is 5.75 Å². The average Bonchev–Trinajstić information content (AvgIpc) is 3.51. The molecule has 11 nitrogen and oxygen atoms in total. The van der Waals surface area contributed by atoms with Crippen LogP contribution in [0.15, 0.2) is 48.5 Å². The van der Waals surface area contributed by atoms with Crippen LogP contribution in [0.2, 0.25) is 0 Å². The molecule has 4 aromatic rings. The number of benzene rings is 2. The lowest BCUT2D eigenvalue weighted by molar-refractivity contribution is -0.142. The van der Waals surface area contributed by atoms with Crippen LogP contribution in [0, 0.1) is 6.92 Å². The highest BCUT2D eigenvalue weighted by atomic mass is 16.5. The van der Waals surface area contributed by atoms with Gasteiger partial charge in [-0.1, -0.05) is 18.2 Å². The zero-order chi connectivity index (χ0) is 37.6. The number of hydrogen-bond donors (Lipinski definition) is 1. The molecule has 1 N–H and O–H groups in total. The number of rotatable bonds is 4. The van der Waals surface area contributed by atoms with Crippen molar-refractivity contribution in [2.75, 3.05) is 38.3 Å². The van der Waals surface area contributed by atoms with Crippen molar-refractivity contribution in [2.45, 2.75) is 104 Å². The van der Waals surface area contributed by atoms with Gasteiger partial charge in [-0.3, -0.25) is 4.79 Å². The molecule has 0 aliphatic carbocycles. The van der Waals surface area contributed by atoms with E-state index in [1.807, 2.05) is 54.8 Å². The Kier molecular flexibility index (Phi) is 12.3. The van der Waals surface area contributed by atoms with Gasteiger partial charge in [0, 0.05) is 48.1 Å². The third-order valence-corrected chi connectivity index (χ3v) is 9.28. The van der Waals surface area contributed by atoms with Crippen LogP contribution < -0.4 is 9.64 Å². The second kappa shape index (κ2) is 16.5. The molecule has 6 bridgehead atoms. The molecular formula is C41H54N4O7. The van der Waals surface area contributed by atoms with Gasteiger partial charge in [0.1, 0.15) is 11.6 Å². The minimum absolute atomic E-state index is 0.0275. The molecule has 0 saturated carbocycles. The Bertz CT molecular complexity index is 1860. The molecule has 1 saturated heterocycles. The molecule has 2 aromatic carbocycles. The predicted molar refractivity (Wildman–Crippen MR) is 202 cm³/mol. The van der Waals surface area contributed by atoms with Crippen LogP contribution in [0.1, 0.15) is 95.3 Å². The van der Waals surface area contributed by atoms with E-state index < -0.39 is 11.6 Å². The van der Waals surface area contributed by atoms with Gasteiger partial charge >= 0.3 is 11.9 Å². The van der Waals surface area contributed by atoms with Crippen molar-refractivity contribution in [3.63, 3.8) is 0 Å². The minimum atomic E-state index is -0.500. The fraction of sp³-hybridized carbons (Fsp3) is 0.512. The highest BCUT2D eigenvalue weighted by Gasteiger charge is 2.34. The standard InChI is InChI=1S/C37H44N4O6.C4H10O/c1-6-45-34(42)22-29-25(3)38-33-23-31-27-12-9-11-26(20-27)30-21-28(36(43)44-5)13-14-32(30)47-24(2)10-7-8-19-46-37(4)15-17-40(18-16-37)35(29)41(33)39-31;1-4(2,3)5/h9,11-14,20-21,23-24H,6-8,10,15-19,22H2,1-5H3;5H,1-3H3. The number of methoxy groups -OCH3 is 1. The minimum Gasteiger partial charge on any atom is -0.490 e. The Balaban J connectivity index is 0.000000979. The highest BCUT2D eigenvalue weighted by Crippen LogP contribution is 2.37. The smallest absolute Gasteiger partial charge is 0.337 e. The first kappa shape index (κ1) is 38.7. The number of piperidine rings is 1. The van der Waals surface area contributed by atoms with Gasteiger partial charge in [-0.25, -0.2) is 9.78 Å². The van der Waals surface area contributed by atoms with Crippen molar-refractivity contribution in [2.24, 2.45) is 0 Å². The van der Waals surface area contributed by atoms with Gasteiger partial charge in [0.15, 0.2) is 5.65 Å². The summed E-state index contributed by atoms with van der Waals surface area (Å²) in [7, 11) is 1.38. The van der Waals surface area contributed by atoms with E-state index in [4.69, 9.17) is 34.1 Å². The fourth-order valence-corrected chi connectivity index (χ4v) is 6.58. The Hall–Kier alpha value is -4.48. The Morgan fingerprint density at radius 3 is 2.46 bits per heavy atom. The number of carbonyl (C=O) groups excluding carboxylic acids is 2. The van der Waals surface area contributed by atoms with E-state index in [0.717, 1.165) is 84.7 Å². The molecule has 5 heterocycles. The second-order valence-electron chi connectivity index (χ2n) is 14.9. The van der Waals surface area contributed by atoms with Gasteiger partial charge in [0.2, 0.25) is 0 Å². The summed E-state index contributed by atoms with van der Waals surface area (Å²) >= 11 is 0. The zero-order valence-corrected chi connectivity index (χ0v) is 32.0. The van der Waals surface area contributed by atoms with Crippen LogP contribution >= 0.6 is 0 Å². The van der Waals surface area contributed by atoms with Crippen LogP contribution in [0.25, 0.3) is 28.0 Å². The zero-order valence-electron chi connectivity index (χ0n) is 32.0. The molecule has 3 aliphatic heterocycles. The molecule has 3 aliphatic rings. The first-order chi connectivity index (χ1) is 24.7. The van der Waals surface area contributed by atoms with Crippen molar-refractivity contribution in [1.82, 2.24) is 14.6 Å². The molecule has 0 spiro atoms. The SMILES string of the molecule is CC(C)(C)O.CCOC(=O)Cc1c(C)nc2cc3nn2c1N1CCC(C)(CC1)OCCCCC(C)Oc1ccc(C(=O)OC)cc1-c1cccc-3c1. The number of aryl methyl sites for hydroxylation is 1. The summed E-state index contributed by atoms with van der Waals surface area (Å²) < 4.78 is 25.2. The first-order valence-electron chi connectivity index (χ1n) is 18.3. The third-order valence-electron chi connectivity index (χ3n) is 9.28. The van der Waals surface area contributed by atoms with Crippen molar-refractivity contribution >= 4 is 23.4 Å². The van der Waals surface area contributed by atoms with Crippen molar-refractivity contribution in [1.29, 1.82) is 0 Å². The topological polar surface area (TPSA) is 125 Å². The second-order valence-corrected chi connectivity index (χ2v) is 14.9. The molecule has 1 fully saturated rings. The summed E-state index contributed by atoms with van der Waals surface area (Å²) in [5.41, 5.74) is 5.33. The molecule has 0 amide bonds. The Labute approximate surface area is 307 Å². The van der Waals surface area contributed by atoms with Gasteiger partial charge in [-0.2, -0.15) is 9.61 Å². The number of aromatic nitrogens is 3. The summed E-state index contributed by atoms with van der Waals surface area (Å²) in [5.74, 6) is 0.874. The van der Waals surface area contributed by atoms with Gasteiger partial charge < -0.3 is 29.0 Å². The lowest BCUT2D eigenvalue weighted by Gasteiger charge is -2.41. The third kappa shape index (κ3) is 9.68. The first-order valence-corrected chi connectivity index (χ1v) is 18.3. The number of fused-ring (bicyclic) bond motifs is 8. The summed E-state index contributed by atoms with van der Waals surface area (Å²) in [6, 6.07) is 15.5. The number of hydrogen-bond acceptors (Lipinski definition) is 10. The molecule has 2 aromatic heterocycles. The summed E-state index contributed by atoms with van der Waals surface area (Å²) in [5, 5.41) is 13.6. The van der Waals surface area contributed by atoms with Gasteiger partial charge in [-0.15, -0.1) is 0 Å². The number of anilines is 1. The predicted octanol–water partition coefficient (Wildman–Crippen LogP) is 7.37. The van der Waals surface area contributed by atoms with Crippen LogP contribution in [0.4, 0.5) is 5.82 Å².